The van der Waals surface area contributed by atoms with Crippen molar-refractivity contribution in [3.05, 3.63) is 0 Å². The summed E-state index contributed by atoms with van der Waals surface area (Å²) in [5, 5.41) is 8.88. The highest BCUT2D eigenvalue weighted by molar-refractivity contribution is 9.10. The Kier molecular flexibility index (Phi) is 5.36. The molecule has 0 radical (unpaired) electrons. The van der Waals surface area contributed by atoms with Crippen LogP contribution in [0.3, 0.4) is 0 Å². The molecular formula is C8H13BrF4O. The fourth-order valence-electron chi connectivity index (χ4n) is 0.958. The van der Waals surface area contributed by atoms with Gasteiger partial charge >= 0.3 is 10.8 Å². The lowest BCUT2D eigenvalue weighted by Crippen LogP contribution is -2.45. The molecule has 0 spiro atoms. The number of aliphatic hydroxyl groups is 1. The summed E-state index contributed by atoms with van der Waals surface area (Å²) in [5.74, 6) is -4.42. The van der Waals surface area contributed by atoms with Gasteiger partial charge in [-0.05, 0) is 22.4 Å². The third-order valence-electron chi connectivity index (χ3n) is 1.88. The topological polar surface area (TPSA) is 20.2 Å². The first kappa shape index (κ1) is 14.2. The number of aliphatic hydroxyl groups excluding tert-OH is 1. The lowest BCUT2D eigenvalue weighted by atomic mass is 10.1. The first-order valence-corrected chi connectivity index (χ1v) is 5.15. The third-order valence-corrected chi connectivity index (χ3v) is 2.41. The lowest BCUT2D eigenvalue weighted by molar-refractivity contribution is -0.206. The first-order valence-electron chi connectivity index (χ1n) is 4.36. The Balaban J connectivity index is 4.15. The van der Waals surface area contributed by atoms with Crippen LogP contribution in [-0.2, 0) is 0 Å². The number of hydrogen-bond acceptors (Lipinski definition) is 1. The molecule has 0 rings (SSSR count). The van der Waals surface area contributed by atoms with Gasteiger partial charge < -0.3 is 5.11 Å². The molecule has 0 bridgehead atoms. The van der Waals surface area contributed by atoms with Gasteiger partial charge in [0.15, 0.2) is 0 Å². The molecule has 0 aromatic carbocycles. The van der Waals surface area contributed by atoms with E-state index < -0.39 is 16.9 Å². The summed E-state index contributed by atoms with van der Waals surface area (Å²) in [5.41, 5.74) is 0. The molecule has 0 fully saturated rings. The predicted molar refractivity (Wildman–Crippen MR) is 49.0 cm³/mol. The molecule has 1 atom stereocenters. The Labute approximate surface area is 88.6 Å². The molecule has 14 heavy (non-hydrogen) atoms. The monoisotopic (exact) mass is 280 g/mol. The third kappa shape index (κ3) is 3.73. The van der Waals surface area contributed by atoms with E-state index in [9.17, 15) is 17.6 Å². The van der Waals surface area contributed by atoms with Crippen molar-refractivity contribution < 1.29 is 22.7 Å². The summed E-state index contributed by atoms with van der Waals surface area (Å²) in [4.78, 5) is -4.36. The summed E-state index contributed by atoms with van der Waals surface area (Å²) in [6, 6.07) is 0. The molecule has 0 aliphatic heterocycles. The van der Waals surface area contributed by atoms with Gasteiger partial charge in [-0.1, -0.05) is 26.2 Å². The summed E-state index contributed by atoms with van der Waals surface area (Å²) < 4.78 is 49.9. The van der Waals surface area contributed by atoms with Gasteiger partial charge in [0.05, 0.1) is 0 Å². The second-order valence-electron chi connectivity index (χ2n) is 3.13. The molecule has 0 aromatic rings. The molecule has 0 heterocycles. The zero-order valence-corrected chi connectivity index (χ0v) is 9.33. The van der Waals surface area contributed by atoms with Crippen LogP contribution in [-0.4, -0.2) is 22.0 Å². The maximum Gasteiger partial charge on any atom is 0.366 e. The Morgan fingerprint density at radius 3 is 2.07 bits per heavy atom. The SMILES string of the molecule is CCCCCC(O)C(F)(F)C(F)(F)Br. The van der Waals surface area contributed by atoms with Crippen molar-refractivity contribution in [1.29, 1.82) is 0 Å². The van der Waals surface area contributed by atoms with Crippen molar-refractivity contribution in [2.45, 2.75) is 49.5 Å². The van der Waals surface area contributed by atoms with Crippen molar-refractivity contribution in [2.75, 3.05) is 0 Å². The second-order valence-corrected chi connectivity index (χ2v) is 4.13. The maximum absolute atomic E-state index is 12.7. The van der Waals surface area contributed by atoms with Crippen LogP contribution in [0.5, 0.6) is 0 Å². The molecule has 1 unspecified atom stereocenters. The predicted octanol–water partition coefficient (Wildman–Crippen LogP) is 3.55. The van der Waals surface area contributed by atoms with Crippen LogP contribution in [0, 0.1) is 0 Å². The number of unbranched alkanes of at least 4 members (excludes halogenated alkanes) is 2. The smallest absolute Gasteiger partial charge is 0.366 e. The standard InChI is InChI=1S/C8H13BrF4O/c1-2-3-4-5-6(14)7(10,11)8(9,12)13/h6,14H,2-5H2,1H3. The van der Waals surface area contributed by atoms with Crippen LogP contribution in [0.1, 0.15) is 32.6 Å². The zero-order chi connectivity index (χ0) is 11.4. The maximum atomic E-state index is 12.7. The van der Waals surface area contributed by atoms with E-state index in [0.717, 1.165) is 6.42 Å². The fraction of sp³-hybridized carbons (Fsp3) is 1.00. The van der Waals surface area contributed by atoms with Crippen molar-refractivity contribution in [3.63, 3.8) is 0 Å². The Hall–Kier alpha value is 0.160. The molecule has 0 amide bonds. The van der Waals surface area contributed by atoms with Gasteiger partial charge in [0.25, 0.3) is 0 Å². The van der Waals surface area contributed by atoms with Gasteiger partial charge in [-0.15, -0.1) is 0 Å². The van der Waals surface area contributed by atoms with Gasteiger partial charge in [0.2, 0.25) is 0 Å². The zero-order valence-electron chi connectivity index (χ0n) is 7.74. The van der Waals surface area contributed by atoms with E-state index in [1.165, 1.54) is 0 Å². The molecular weight excluding hydrogens is 268 g/mol. The van der Waals surface area contributed by atoms with Gasteiger partial charge in [-0.3, -0.25) is 0 Å². The Bertz CT molecular complexity index is 169. The van der Waals surface area contributed by atoms with Crippen LogP contribution in [0.15, 0.2) is 0 Å². The minimum atomic E-state index is -4.42. The van der Waals surface area contributed by atoms with E-state index in [1.807, 2.05) is 6.92 Å². The van der Waals surface area contributed by atoms with E-state index in [0.29, 0.717) is 12.8 Å². The van der Waals surface area contributed by atoms with Crippen LogP contribution >= 0.6 is 15.9 Å². The average Bonchev–Trinajstić information content (AvgIpc) is 2.02. The normalized spacial score (nSPS) is 15.6. The Morgan fingerprint density at radius 2 is 1.71 bits per heavy atom. The van der Waals surface area contributed by atoms with Gasteiger partial charge in [-0.25, -0.2) is 0 Å². The number of rotatable bonds is 6. The molecule has 6 heteroatoms. The van der Waals surface area contributed by atoms with Crippen LogP contribution in [0.4, 0.5) is 17.6 Å². The van der Waals surface area contributed by atoms with Crippen molar-refractivity contribution in [3.8, 4) is 0 Å². The van der Waals surface area contributed by atoms with E-state index in [2.05, 4.69) is 0 Å². The minimum Gasteiger partial charge on any atom is -0.387 e. The molecule has 86 valence electrons. The van der Waals surface area contributed by atoms with Crippen LogP contribution in [0.25, 0.3) is 0 Å². The van der Waals surface area contributed by atoms with Crippen molar-refractivity contribution in [2.24, 2.45) is 0 Å². The highest BCUT2D eigenvalue weighted by atomic mass is 79.9. The van der Waals surface area contributed by atoms with Gasteiger partial charge in [0.1, 0.15) is 6.10 Å². The quantitative estimate of drug-likeness (QED) is 0.448. The van der Waals surface area contributed by atoms with E-state index >= 15 is 0 Å². The highest BCUT2D eigenvalue weighted by Crippen LogP contribution is 2.42. The number of hydrogen-bond donors (Lipinski definition) is 1. The molecule has 0 aliphatic rings. The molecule has 0 saturated heterocycles. The highest BCUT2D eigenvalue weighted by Gasteiger charge is 2.58. The van der Waals surface area contributed by atoms with Gasteiger partial charge in [-0.2, -0.15) is 17.6 Å². The van der Waals surface area contributed by atoms with Crippen molar-refractivity contribution >= 4 is 15.9 Å². The summed E-state index contributed by atoms with van der Waals surface area (Å²) in [6.45, 7) is 1.85. The average molecular weight is 281 g/mol. The lowest BCUT2D eigenvalue weighted by Gasteiger charge is -2.26. The fourth-order valence-corrected chi connectivity index (χ4v) is 1.22. The molecule has 0 aromatic heterocycles. The first-order chi connectivity index (χ1) is 6.23. The summed E-state index contributed by atoms with van der Waals surface area (Å²) in [6.07, 6.45) is -0.883. The molecule has 0 aliphatic carbocycles. The minimum absolute atomic E-state index is 0.316. The summed E-state index contributed by atoms with van der Waals surface area (Å²) >= 11 is 1.57. The Morgan fingerprint density at radius 1 is 1.21 bits per heavy atom. The largest absolute Gasteiger partial charge is 0.387 e. The molecule has 1 nitrogen and oxygen atoms in total. The van der Waals surface area contributed by atoms with E-state index in [1.54, 1.807) is 15.9 Å². The van der Waals surface area contributed by atoms with E-state index in [-0.39, 0.29) is 6.42 Å². The summed E-state index contributed by atoms with van der Waals surface area (Å²) in [7, 11) is 0. The van der Waals surface area contributed by atoms with Crippen molar-refractivity contribution in [1.82, 2.24) is 0 Å². The molecule has 0 saturated carbocycles. The number of halogens is 5. The second kappa shape index (κ2) is 5.30. The van der Waals surface area contributed by atoms with E-state index in [4.69, 9.17) is 5.11 Å². The molecule has 1 N–H and O–H groups in total. The number of alkyl halides is 5. The van der Waals surface area contributed by atoms with Crippen LogP contribution in [0.2, 0.25) is 0 Å². The van der Waals surface area contributed by atoms with Gasteiger partial charge in [0, 0.05) is 0 Å². The van der Waals surface area contributed by atoms with Crippen LogP contribution < -0.4 is 0 Å².